The van der Waals surface area contributed by atoms with Crippen molar-refractivity contribution in [1.82, 2.24) is 5.43 Å². The largest absolute Gasteiger partial charge is 0.416 e. The van der Waals surface area contributed by atoms with Crippen LogP contribution in [0.3, 0.4) is 0 Å². The topological polar surface area (TPSA) is 38.0 Å². The molecule has 1 aromatic carbocycles. The van der Waals surface area contributed by atoms with Crippen LogP contribution < -0.4 is 11.3 Å². The number of nitrogens with one attached hydrogen (secondary N) is 1. The van der Waals surface area contributed by atoms with Gasteiger partial charge < -0.3 is 0 Å². The van der Waals surface area contributed by atoms with E-state index in [4.69, 9.17) is 5.84 Å². The second-order valence-corrected chi connectivity index (χ2v) is 3.98. The first-order chi connectivity index (χ1) is 7.99. The number of benzene rings is 1. The fourth-order valence-corrected chi connectivity index (χ4v) is 1.66. The highest BCUT2D eigenvalue weighted by atomic mass is 19.4. The summed E-state index contributed by atoms with van der Waals surface area (Å²) in [4.78, 5) is 0. The molecule has 0 saturated carbocycles. The summed E-state index contributed by atoms with van der Waals surface area (Å²) in [6.07, 6.45) is -1.46. The first kappa shape index (κ1) is 14.0. The number of hydrogen-bond acceptors (Lipinski definition) is 2. The Balaban J connectivity index is 2.78. The van der Waals surface area contributed by atoms with Crippen LogP contribution in [0.1, 0.15) is 43.4 Å². The van der Waals surface area contributed by atoms with Crippen LogP contribution in [-0.2, 0) is 6.18 Å². The van der Waals surface area contributed by atoms with E-state index in [0.717, 1.165) is 37.0 Å². The van der Waals surface area contributed by atoms with Crippen molar-refractivity contribution >= 4 is 0 Å². The monoisotopic (exact) mass is 246 g/mol. The van der Waals surface area contributed by atoms with Crippen LogP contribution in [0.4, 0.5) is 13.2 Å². The summed E-state index contributed by atoms with van der Waals surface area (Å²) in [5, 5.41) is 0. The standard InChI is InChI=1S/C12H17F3N2/c1-2-3-4-11(17-16)9-5-7-10(8-6-9)12(13,14)15/h5-8,11,17H,2-4,16H2,1H3. The zero-order valence-electron chi connectivity index (χ0n) is 9.72. The Morgan fingerprint density at radius 2 is 1.82 bits per heavy atom. The van der Waals surface area contributed by atoms with E-state index in [-0.39, 0.29) is 6.04 Å². The molecule has 17 heavy (non-hydrogen) atoms. The molecule has 96 valence electrons. The zero-order valence-corrected chi connectivity index (χ0v) is 9.72. The minimum Gasteiger partial charge on any atom is -0.271 e. The summed E-state index contributed by atoms with van der Waals surface area (Å²) in [5.74, 6) is 5.40. The van der Waals surface area contributed by atoms with Crippen molar-refractivity contribution in [1.29, 1.82) is 0 Å². The molecule has 0 aromatic heterocycles. The average molecular weight is 246 g/mol. The highest BCUT2D eigenvalue weighted by Crippen LogP contribution is 2.30. The second kappa shape index (κ2) is 6.02. The van der Waals surface area contributed by atoms with Crippen molar-refractivity contribution in [2.24, 2.45) is 5.84 Å². The van der Waals surface area contributed by atoms with Crippen molar-refractivity contribution in [3.8, 4) is 0 Å². The lowest BCUT2D eigenvalue weighted by atomic mass is 10.0. The predicted molar refractivity (Wildman–Crippen MR) is 61.0 cm³/mol. The van der Waals surface area contributed by atoms with Gasteiger partial charge in [-0.15, -0.1) is 0 Å². The van der Waals surface area contributed by atoms with E-state index >= 15 is 0 Å². The second-order valence-electron chi connectivity index (χ2n) is 3.98. The third-order valence-electron chi connectivity index (χ3n) is 2.69. The summed E-state index contributed by atoms with van der Waals surface area (Å²) < 4.78 is 37.1. The first-order valence-electron chi connectivity index (χ1n) is 5.62. The Morgan fingerprint density at radius 1 is 1.24 bits per heavy atom. The summed E-state index contributed by atoms with van der Waals surface area (Å²) in [5.41, 5.74) is 2.78. The minimum absolute atomic E-state index is 0.0859. The Kier molecular flexibility index (Phi) is 4.96. The van der Waals surface area contributed by atoms with Gasteiger partial charge in [-0.1, -0.05) is 31.9 Å². The maximum Gasteiger partial charge on any atom is 0.416 e. The molecule has 5 heteroatoms. The van der Waals surface area contributed by atoms with Gasteiger partial charge in [-0.3, -0.25) is 11.3 Å². The van der Waals surface area contributed by atoms with Crippen molar-refractivity contribution in [3.63, 3.8) is 0 Å². The van der Waals surface area contributed by atoms with Gasteiger partial charge in [0.25, 0.3) is 0 Å². The SMILES string of the molecule is CCCCC(NN)c1ccc(C(F)(F)F)cc1. The molecule has 0 heterocycles. The maximum atomic E-state index is 12.4. The molecular formula is C12H17F3N2. The van der Waals surface area contributed by atoms with Gasteiger partial charge >= 0.3 is 6.18 Å². The number of hydrazine groups is 1. The minimum atomic E-state index is -4.28. The average Bonchev–Trinajstić information content (AvgIpc) is 2.29. The third-order valence-corrected chi connectivity index (χ3v) is 2.69. The lowest BCUT2D eigenvalue weighted by Gasteiger charge is -2.16. The highest BCUT2D eigenvalue weighted by Gasteiger charge is 2.30. The molecule has 1 atom stereocenters. The van der Waals surface area contributed by atoms with Crippen molar-refractivity contribution in [2.75, 3.05) is 0 Å². The maximum absolute atomic E-state index is 12.4. The highest BCUT2D eigenvalue weighted by molar-refractivity contribution is 5.26. The molecule has 0 aliphatic heterocycles. The van der Waals surface area contributed by atoms with Gasteiger partial charge in [0.15, 0.2) is 0 Å². The summed E-state index contributed by atoms with van der Waals surface area (Å²) in [6.45, 7) is 2.06. The van der Waals surface area contributed by atoms with E-state index in [1.54, 1.807) is 0 Å². The molecule has 0 aliphatic carbocycles. The van der Waals surface area contributed by atoms with Gasteiger partial charge in [-0.05, 0) is 24.1 Å². The summed E-state index contributed by atoms with van der Waals surface area (Å²) in [7, 11) is 0. The van der Waals surface area contributed by atoms with Crippen molar-refractivity contribution < 1.29 is 13.2 Å². The van der Waals surface area contributed by atoms with Crippen molar-refractivity contribution in [2.45, 2.75) is 38.4 Å². The van der Waals surface area contributed by atoms with Gasteiger partial charge in [0, 0.05) is 6.04 Å². The van der Waals surface area contributed by atoms with Crippen molar-refractivity contribution in [3.05, 3.63) is 35.4 Å². The molecule has 0 amide bonds. The van der Waals surface area contributed by atoms with E-state index in [1.165, 1.54) is 12.1 Å². The van der Waals surface area contributed by atoms with Crippen LogP contribution in [-0.4, -0.2) is 0 Å². The Hall–Kier alpha value is -1.07. The number of rotatable bonds is 5. The molecule has 1 rings (SSSR count). The van der Waals surface area contributed by atoms with Gasteiger partial charge in [0.1, 0.15) is 0 Å². The van der Waals surface area contributed by atoms with E-state index < -0.39 is 11.7 Å². The van der Waals surface area contributed by atoms with Gasteiger partial charge in [-0.25, -0.2) is 0 Å². The summed E-state index contributed by atoms with van der Waals surface area (Å²) >= 11 is 0. The normalized spacial score (nSPS) is 13.7. The lowest BCUT2D eigenvalue weighted by Crippen LogP contribution is -2.28. The van der Waals surface area contributed by atoms with Gasteiger partial charge in [0.05, 0.1) is 5.56 Å². The quantitative estimate of drug-likeness (QED) is 0.617. The number of halogens is 3. The molecule has 1 aromatic rings. The van der Waals surface area contributed by atoms with Gasteiger partial charge in [0.2, 0.25) is 0 Å². The van der Waals surface area contributed by atoms with Crippen LogP contribution in [0, 0.1) is 0 Å². The molecule has 0 aliphatic rings. The van der Waals surface area contributed by atoms with E-state index in [2.05, 4.69) is 12.3 Å². The Morgan fingerprint density at radius 3 is 2.24 bits per heavy atom. The first-order valence-corrected chi connectivity index (χ1v) is 5.62. The van der Waals surface area contributed by atoms with Crippen LogP contribution in [0.15, 0.2) is 24.3 Å². The summed E-state index contributed by atoms with van der Waals surface area (Å²) in [6, 6.07) is 5.04. The molecule has 3 N–H and O–H groups in total. The molecular weight excluding hydrogens is 229 g/mol. The van der Waals surface area contributed by atoms with E-state index in [1.807, 2.05) is 0 Å². The smallest absolute Gasteiger partial charge is 0.271 e. The fourth-order valence-electron chi connectivity index (χ4n) is 1.66. The van der Waals surface area contributed by atoms with Crippen LogP contribution in [0.2, 0.25) is 0 Å². The molecule has 0 spiro atoms. The lowest BCUT2D eigenvalue weighted by molar-refractivity contribution is -0.137. The molecule has 0 fully saturated rings. The Bertz CT molecular complexity index is 333. The molecule has 2 nitrogen and oxygen atoms in total. The Labute approximate surface area is 99.0 Å². The number of alkyl halides is 3. The third kappa shape index (κ3) is 4.02. The van der Waals surface area contributed by atoms with E-state index in [0.29, 0.717) is 0 Å². The number of nitrogens with two attached hydrogens (primary N) is 1. The predicted octanol–water partition coefficient (Wildman–Crippen LogP) is 3.40. The number of unbranched alkanes of at least 4 members (excludes halogenated alkanes) is 1. The molecule has 0 saturated heterocycles. The fraction of sp³-hybridized carbons (Fsp3) is 0.500. The number of hydrogen-bond donors (Lipinski definition) is 2. The molecule has 0 radical (unpaired) electrons. The van der Waals surface area contributed by atoms with Crippen LogP contribution in [0.5, 0.6) is 0 Å². The zero-order chi connectivity index (χ0) is 12.9. The molecule has 0 bridgehead atoms. The van der Waals surface area contributed by atoms with Crippen LogP contribution >= 0.6 is 0 Å². The van der Waals surface area contributed by atoms with E-state index in [9.17, 15) is 13.2 Å². The molecule has 1 unspecified atom stereocenters. The van der Waals surface area contributed by atoms with Crippen LogP contribution in [0.25, 0.3) is 0 Å². The van der Waals surface area contributed by atoms with Gasteiger partial charge in [-0.2, -0.15) is 13.2 Å².